The van der Waals surface area contributed by atoms with Gasteiger partial charge in [0, 0.05) is 25.0 Å². The van der Waals surface area contributed by atoms with Gasteiger partial charge in [0.25, 0.3) is 0 Å². The smallest absolute Gasteiger partial charge is 0.226 e. The first-order chi connectivity index (χ1) is 13.8. The summed E-state index contributed by atoms with van der Waals surface area (Å²) in [5.41, 5.74) is 2.02. The number of fused-ring (bicyclic) bond motifs is 2. The van der Waals surface area contributed by atoms with Gasteiger partial charge in [0.05, 0.1) is 6.61 Å². The average molecular weight is 399 g/mol. The molecule has 2 bridgehead atoms. The molecule has 2 heterocycles. The van der Waals surface area contributed by atoms with Crippen LogP contribution in [0.4, 0.5) is 0 Å². The molecule has 4 nitrogen and oxygen atoms in total. The lowest BCUT2D eigenvalue weighted by Gasteiger charge is -2.40. The standard InChI is InChI=1S/C25H38N2O2/c1-5-29-22-8-6-19(7-9-22)16-26-12-10-20(11-13-26)23(28)27-18-25(4)15-21(27)14-24(2,3)17-25/h6-9,20-21H,5,10-18H2,1-4H3. The number of benzene rings is 1. The molecule has 3 aliphatic rings. The van der Waals surface area contributed by atoms with Crippen molar-refractivity contribution in [3.63, 3.8) is 0 Å². The van der Waals surface area contributed by atoms with Crippen molar-refractivity contribution < 1.29 is 9.53 Å². The first-order valence-corrected chi connectivity index (χ1v) is 11.5. The van der Waals surface area contributed by atoms with Gasteiger partial charge in [-0.15, -0.1) is 0 Å². The van der Waals surface area contributed by atoms with Crippen LogP contribution in [0.2, 0.25) is 0 Å². The predicted molar refractivity (Wildman–Crippen MR) is 117 cm³/mol. The SMILES string of the molecule is CCOc1ccc(CN2CCC(C(=O)N3CC4(C)CC3CC(C)(C)C4)CC2)cc1. The molecule has 0 N–H and O–H groups in total. The number of hydrogen-bond acceptors (Lipinski definition) is 3. The van der Waals surface area contributed by atoms with Gasteiger partial charge in [-0.2, -0.15) is 0 Å². The highest BCUT2D eigenvalue weighted by Crippen LogP contribution is 2.52. The fourth-order valence-corrected chi connectivity index (χ4v) is 6.41. The molecule has 1 saturated carbocycles. The molecule has 2 aliphatic heterocycles. The molecule has 2 atom stereocenters. The minimum atomic E-state index is 0.220. The number of piperidine rings is 1. The lowest BCUT2D eigenvalue weighted by molar-refractivity contribution is -0.138. The van der Waals surface area contributed by atoms with Crippen molar-refractivity contribution in [2.45, 2.75) is 72.4 Å². The Kier molecular flexibility index (Phi) is 5.67. The summed E-state index contributed by atoms with van der Waals surface area (Å²) in [7, 11) is 0. The van der Waals surface area contributed by atoms with Crippen LogP contribution in [-0.2, 0) is 11.3 Å². The first kappa shape index (κ1) is 20.7. The minimum Gasteiger partial charge on any atom is -0.494 e. The fraction of sp³-hybridized carbons (Fsp3) is 0.720. The maximum Gasteiger partial charge on any atom is 0.226 e. The van der Waals surface area contributed by atoms with Crippen LogP contribution in [0.25, 0.3) is 0 Å². The molecule has 3 fully saturated rings. The minimum absolute atomic E-state index is 0.220. The van der Waals surface area contributed by atoms with Gasteiger partial charge in [0.15, 0.2) is 0 Å². The highest BCUT2D eigenvalue weighted by atomic mass is 16.5. The van der Waals surface area contributed by atoms with Crippen molar-refractivity contribution in [2.24, 2.45) is 16.7 Å². The van der Waals surface area contributed by atoms with Crippen LogP contribution < -0.4 is 4.74 Å². The van der Waals surface area contributed by atoms with E-state index in [0.29, 0.717) is 29.4 Å². The first-order valence-electron chi connectivity index (χ1n) is 11.5. The molecule has 29 heavy (non-hydrogen) atoms. The molecule has 2 saturated heterocycles. The van der Waals surface area contributed by atoms with Gasteiger partial charge in [0.2, 0.25) is 5.91 Å². The Morgan fingerprint density at radius 3 is 2.45 bits per heavy atom. The Morgan fingerprint density at radius 2 is 1.79 bits per heavy atom. The van der Waals surface area contributed by atoms with E-state index in [2.05, 4.69) is 54.8 Å². The third-order valence-electron chi connectivity index (χ3n) is 7.28. The van der Waals surface area contributed by atoms with Gasteiger partial charge in [0.1, 0.15) is 5.75 Å². The van der Waals surface area contributed by atoms with E-state index in [-0.39, 0.29) is 5.92 Å². The number of amides is 1. The number of ether oxygens (including phenoxy) is 1. The summed E-state index contributed by atoms with van der Waals surface area (Å²) < 4.78 is 5.53. The number of carbonyl (C=O) groups is 1. The van der Waals surface area contributed by atoms with E-state index in [1.54, 1.807) is 0 Å². The van der Waals surface area contributed by atoms with Crippen molar-refractivity contribution >= 4 is 5.91 Å². The number of likely N-dealkylation sites (tertiary alicyclic amines) is 2. The second kappa shape index (κ2) is 7.94. The quantitative estimate of drug-likeness (QED) is 0.719. The van der Waals surface area contributed by atoms with E-state index in [0.717, 1.165) is 44.8 Å². The Morgan fingerprint density at radius 1 is 1.10 bits per heavy atom. The lowest BCUT2D eigenvalue weighted by Crippen LogP contribution is -2.44. The number of hydrogen-bond donors (Lipinski definition) is 0. The molecule has 160 valence electrons. The molecule has 2 unspecified atom stereocenters. The molecule has 1 aromatic carbocycles. The Hall–Kier alpha value is -1.55. The number of carbonyl (C=O) groups excluding carboxylic acids is 1. The fourth-order valence-electron chi connectivity index (χ4n) is 6.41. The van der Waals surface area contributed by atoms with E-state index in [1.165, 1.54) is 24.8 Å². The normalized spacial score (nSPS) is 29.8. The Balaban J connectivity index is 1.30. The molecule has 1 aliphatic carbocycles. The van der Waals surface area contributed by atoms with Crippen molar-refractivity contribution in [2.75, 3.05) is 26.2 Å². The summed E-state index contributed by atoms with van der Waals surface area (Å²) in [5.74, 6) is 1.60. The molecule has 0 radical (unpaired) electrons. The van der Waals surface area contributed by atoms with Gasteiger partial charge in [-0.1, -0.05) is 32.9 Å². The highest BCUT2D eigenvalue weighted by Gasteiger charge is 2.51. The van der Waals surface area contributed by atoms with Crippen LogP contribution >= 0.6 is 0 Å². The summed E-state index contributed by atoms with van der Waals surface area (Å²) >= 11 is 0. The summed E-state index contributed by atoms with van der Waals surface area (Å²) in [6.07, 6.45) is 5.63. The van der Waals surface area contributed by atoms with Gasteiger partial charge < -0.3 is 9.64 Å². The third-order valence-corrected chi connectivity index (χ3v) is 7.28. The van der Waals surface area contributed by atoms with Crippen LogP contribution in [0.1, 0.15) is 65.4 Å². The predicted octanol–water partition coefficient (Wildman–Crippen LogP) is 4.72. The zero-order valence-corrected chi connectivity index (χ0v) is 18.7. The number of rotatable bonds is 5. The summed E-state index contributed by atoms with van der Waals surface area (Å²) in [6.45, 7) is 13.8. The molecule has 1 amide bonds. The van der Waals surface area contributed by atoms with E-state index in [9.17, 15) is 4.79 Å². The zero-order chi connectivity index (χ0) is 20.6. The molecule has 0 spiro atoms. The maximum absolute atomic E-state index is 13.4. The van der Waals surface area contributed by atoms with Gasteiger partial charge in [-0.05, 0) is 80.6 Å². The summed E-state index contributed by atoms with van der Waals surface area (Å²) in [4.78, 5) is 18.1. The highest BCUT2D eigenvalue weighted by molar-refractivity contribution is 5.79. The molecule has 0 aromatic heterocycles. The van der Waals surface area contributed by atoms with Crippen LogP contribution in [0.15, 0.2) is 24.3 Å². The van der Waals surface area contributed by atoms with Crippen molar-refractivity contribution in [3.05, 3.63) is 29.8 Å². The molecule has 1 aromatic rings. The van der Waals surface area contributed by atoms with Crippen LogP contribution in [0.3, 0.4) is 0 Å². The van der Waals surface area contributed by atoms with Crippen molar-refractivity contribution in [3.8, 4) is 5.75 Å². The van der Waals surface area contributed by atoms with E-state index < -0.39 is 0 Å². The Bertz CT molecular complexity index is 721. The maximum atomic E-state index is 13.4. The van der Waals surface area contributed by atoms with E-state index >= 15 is 0 Å². The van der Waals surface area contributed by atoms with Crippen molar-refractivity contribution in [1.29, 1.82) is 0 Å². The summed E-state index contributed by atoms with van der Waals surface area (Å²) in [6, 6.07) is 8.91. The largest absolute Gasteiger partial charge is 0.494 e. The van der Waals surface area contributed by atoms with E-state index in [1.807, 2.05) is 6.92 Å². The van der Waals surface area contributed by atoms with Crippen LogP contribution in [0, 0.1) is 16.7 Å². The van der Waals surface area contributed by atoms with E-state index in [4.69, 9.17) is 4.74 Å². The zero-order valence-electron chi connectivity index (χ0n) is 18.7. The molecule has 4 heteroatoms. The monoisotopic (exact) mass is 398 g/mol. The molecular formula is C25H38N2O2. The summed E-state index contributed by atoms with van der Waals surface area (Å²) in [5, 5.41) is 0. The molecule has 4 rings (SSSR count). The number of nitrogens with zero attached hydrogens (tertiary/aromatic N) is 2. The topological polar surface area (TPSA) is 32.8 Å². The van der Waals surface area contributed by atoms with Gasteiger partial charge in [-0.3, -0.25) is 9.69 Å². The van der Waals surface area contributed by atoms with Gasteiger partial charge >= 0.3 is 0 Å². The van der Waals surface area contributed by atoms with Crippen molar-refractivity contribution in [1.82, 2.24) is 9.80 Å². The third kappa shape index (κ3) is 4.63. The Labute approximate surface area is 176 Å². The van der Waals surface area contributed by atoms with Gasteiger partial charge in [-0.25, -0.2) is 0 Å². The molecular weight excluding hydrogens is 360 g/mol. The van der Waals surface area contributed by atoms with Crippen LogP contribution in [-0.4, -0.2) is 48.0 Å². The average Bonchev–Trinajstić information content (AvgIpc) is 2.92. The lowest BCUT2D eigenvalue weighted by atomic mass is 9.65. The second-order valence-corrected chi connectivity index (χ2v) is 10.8. The van der Waals surface area contributed by atoms with Crippen LogP contribution in [0.5, 0.6) is 5.75 Å². The second-order valence-electron chi connectivity index (χ2n) is 10.8.